The van der Waals surface area contributed by atoms with E-state index in [1.54, 1.807) is 38.3 Å². The average molecular weight is 403 g/mol. The summed E-state index contributed by atoms with van der Waals surface area (Å²) in [5.41, 5.74) is 1.65. The van der Waals surface area contributed by atoms with Gasteiger partial charge in [-0.05, 0) is 49.4 Å². The van der Waals surface area contributed by atoms with Crippen molar-refractivity contribution in [3.8, 4) is 5.75 Å². The molecule has 1 aromatic heterocycles. The number of aromatic nitrogens is 1. The zero-order chi connectivity index (χ0) is 20.3. The second-order valence-corrected chi connectivity index (χ2v) is 6.34. The lowest BCUT2D eigenvalue weighted by atomic mass is 10.1. The maximum Gasteiger partial charge on any atom is 0.340 e. The third-order valence-electron chi connectivity index (χ3n) is 3.97. The Kier molecular flexibility index (Phi) is 5.75. The number of pyridine rings is 1. The first-order valence-corrected chi connectivity index (χ1v) is 8.62. The molecule has 3 aromatic rings. The third-order valence-corrected chi connectivity index (χ3v) is 4.28. The minimum absolute atomic E-state index is 0.0446. The number of aryl methyl sites for hydroxylation is 1. The standard InChI is InChI=1S/C20H16ClFN2O4/c1-11-15(8-12-7-14(27-2)4-6-17(12)23-11)20(26)28-10-19(25)24-18-5-3-13(22)9-16(18)21/h3-9H,10H2,1-2H3,(H,24,25). The molecule has 2 aromatic carbocycles. The number of rotatable bonds is 5. The van der Waals surface area contributed by atoms with Gasteiger partial charge in [-0.25, -0.2) is 9.18 Å². The van der Waals surface area contributed by atoms with E-state index in [1.165, 1.54) is 6.07 Å². The van der Waals surface area contributed by atoms with Gasteiger partial charge in [-0.1, -0.05) is 11.6 Å². The molecule has 1 amide bonds. The van der Waals surface area contributed by atoms with E-state index in [4.69, 9.17) is 21.1 Å². The molecule has 0 bridgehead atoms. The molecular weight excluding hydrogens is 387 g/mol. The van der Waals surface area contributed by atoms with E-state index in [0.717, 1.165) is 12.1 Å². The van der Waals surface area contributed by atoms with Crippen LogP contribution in [0.25, 0.3) is 10.9 Å². The number of nitrogens with zero attached hydrogens (tertiary/aromatic N) is 1. The summed E-state index contributed by atoms with van der Waals surface area (Å²) in [5.74, 6) is -1.18. The molecule has 0 atom stereocenters. The lowest BCUT2D eigenvalue weighted by molar-refractivity contribution is -0.119. The van der Waals surface area contributed by atoms with Gasteiger partial charge in [-0.2, -0.15) is 0 Å². The summed E-state index contributed by atoms with van der Waals surface area (Å²) in [4.78, 5) is 28.8. The Hall–Kier alpha value is -3.19. The smallest absolute Gasteiger partial charge is 0.340 e. The maximum absolute atomic E-state index is 13.0. The van der Waals surface area contributed by atoms with E-state index < -0.39 is 24.3 Å². The normalized spacial score (nSPS) is 10.6. The molecule has 0 aliphatic carbocycles. The number of hydrogen-bond acceptors (Lipinski definition) is 5. The summed E-state index contributed by atoms with van der Waals surface area (Å²) in [5, 5.41) is 3.21. The molecule has 3 rings (SSSR count). The molecule has 0 fully saturated rings. The predicted molar refractivity (Wildman–Crippen MR) is 103 cm³/mol. The number of nitrogens with one attached hydrogen (secondary N) is 1. The van der Waals surface area contributed by atoms with E-state index in [0.29, 0.717) is 22.3 Å². The van der Waals surface area contributed by atoms with Crippen molar-refractivity contribution in [3.05, 3.63) is 64.6 Å². The van der Waals surface area contributed by atoms with Crippen LogP contribution in [0.4, 0.5) is 10.1 Å². The fraction of sp³-hybridized carbons (Fsp3) is 0.150. The van der Waals surface area contributed by atoms with Crippen molar-refractivity contribution in [1.82, 2.24) is 4.98 Å². The number of anilines is 1. The minimum Gasteiger partial charge on any atom is -0.497 e. The first-order valence-electron chi connectivity index (χ1n) is 8.25. The van der Waals surface area contributed by atoms with Crippen LogP contribution in [0.1, 0.15) is 16.1 Å². The summed E-state index contributed by atoms with van der Waals surface area (Å²) in [6, 6.07) is 10.5. The van der Waals surface area contributed by atoms with E-state index in [-0.39, 0.29) is 16.3 Å². The van der Waals surface area contributed by atoms with Gasteiger partial charge in [-0.3, -0.25) is 9.78 Å². The third kappa shape index (κ3) is 4.37. The average Bonchev–Trinajstić information content (AvgIpc) is 2.67. The fourth-order valence-corrected chi connectivity index (χ4v) is 2.78. The van der Waals surface area contributed by atoms with E-state index in [2.05, 4.69) is 10.3 Å². The number of benzene rings is 2. The van der Waals surface area contributed by atoms with Gasteiger partial charge in [0.05, 0.1) is 34.6 Å². The molecule has 0 unspecified atom stereocenters. The van der Waals surface area contributed by atoms with Gasteiger partial charge in [0.1, 0.15) is 11.6 Å². The minimum atomic E-state index is -0.685. The highest BCUT2D eigenvalue weighted by molar-refractivity contribution is 6.33. The van der Waals surface area contributed by atoms with Crippen LogP contribution in [0.5, 0.6) is 5.75 Å². The van der Waals surface area contributed by atoms with Crippen LogP contribution < -0.4 is 10.1 Å². The Balaban J connectivity index is 1.70. The topological polar surface area (TPSA) is 77.5 Å². The van der Waals surface area contributed by atoms with E-state index in [1.807, 2.05) is 0 Å². The van der Waals surface area contributed by atoms with Gasteiger partial charge in [-0.15, -0.1) is 0 Å². The molecule has 1 N–H and O–H groups in total. The summed E-state index contributed by atoms with van der Waals surface area (Å²) in [7, 11) is 1.55. The molecular formula is C20H16ClFN2O4. The van der Waals surface area contributed by atoms with Gasteiger partial charge in [0.25, 0.3) is 5.91 Å². The maximum atomic E-state index is 13.0. The van der Waals surface area contributed by atoms with Crippen molar-refractivity contribution in [1.29, 1.82) is 0 Å². The van der Waals surface area contributed by atoms with Gasteiger partial charge < -0.3 is 14.8 Å². The Labute approximate surface area is 165 Å². The lowest BCUT2D eigenvalue weighted by Gasteiger charge is -2.10. The van der Waals surface area contributed by atoms with Crippen LogP contribution in [-0.2, 0) is 9.53 Å². The zero-order valence-corrected chi connectivity index (χ0v) is 15.8. The molecule has 1 heterocycles. The SMILES string of the molecule is COc1ccc2nc(C)c(C(=O)OCC(=O)Nc3ccc(F)cc3Cl)cc2c1. The highest BCUT2D eigenvalue weighted by Gasteiger charge is 2.16. The number of ether oxygens (including phenoxy) is 2. The van der Waals surface area contributed by atoms with Crippen molar-refractivity contribution in [2.45, 2.75) is 6.92 Å². The quantitative estimate of drug-likeness (QED) is 0.649. The second kappa shape index (κ2) is 8.22. The summed E-state index contributed by atoms with van der Waals surface area (Å²) in [6.07, 6.45) is 0. The number of halogens is 2. The largest absolute Gasteiger partial charge is 0.497 e. The van der Waals surface area contributed by atoms with Gasteiger partial charge in [0.15, 0.2) is 6.61 Å². The molecule has 0 spiro atoms. The van der Waals surface area contributed by atoms with Crippen LogP contribution in [0, 0.1) is 12.7 Å². The number of esters is 1. The molecule has 144 valence electrons. The van der Waals surface area contributed by atoms with Crippen molar-refractivity contribution < 1.29 is 23.5 Å². The van der Waals surface area contributed by atoms with Crippen LogP contribution in [0.2, 0.25) is 5.02 Å². The van der Waals surface area contributed by atoms with Crippen LogP contribution in [0.3, 0.4) is 0 Å². The Morgan fingerprint density at radius 3 is 2.68 bits per heavy atom. The number of amides is 1. The van der Waals surface area contributed by atoms with Crippen molar-refractivity contribution in [2.24, 2.45) is 0 Å². The molecule has 0 radical (unpaired) electrons. The number of carbonyl (C=O) groups excluding carboxylic acids is 2. The Morgan fingerprint density at radius 2 is 1.96 bits per heavy atom. The molecule has 0 saturated carbocycles. The second-order valence-electron chi connectivity index (χ2n) is 5.93. The van der Waals surface area contributed by atoms with Crippen LogP contribution >= 0.6 is 11.6 Å². The lowest BCUT2D eigenvalue weighted by Crippen LogP contribution is -2.21. The summed E-state index contributed by atoms with van der Waals surface area (Å²) >= 11 is 5.85. The Morgan fingerprint density at radius 1 is 1.18 bits per heavy atom. The first kappa shape index (κ1) is 19.6. The Bertz CT molecular complexity index is 1070. The predicted octanol–water partition coefficient (Wildman–Crippen LogP) is 4.14. The molecule has 6 nitrogen and oxygen atoms in total. The zero-order valence-electron chi connectivity index (χ0n) is 15.1. The van der Waals surface area contributed by atoms with Crippen molar-refractivity contribution >= 4 is 40.1 Å². The number of carbonyl (C=O) groups is 2. The van der Waals surface area contributed by atoms with Crippen LogP contribution in [-0.4, -0.2) is 30.6 Å². The van der Waals surface area contributed by atoms with Gasteiger partial charge in [0, 0.05) is 5.39 Å². The highest BCUT2D eigenvalue weighted by atomic mass is 35.5. The molecule has 28 heavy (non-hydrogen) atoms. The number of methoxy groups -OCH3 is 1. The van der Waals surface area contributed by atoms with Gasteiger partial charge >= 0.3 is 5.97 Å². The van der Waals surface area contributed by atoms with E-state index >= 15 is 0 Å². The van der Waals surface area contributed by atoms with Crippen molar-refractivity contribution in [2.75, 3.05) is 19.0 Å². The van der Waals surface area contributed by atoms with Crippen molar-refractivity contribution in [3.63, 3.8) is 0 Å². The molecule has 8 heteroatoms. The summed E-state index contributed by atoms with van der Waals surface area (Å²) in [6.45, 7) is 1.15. The molecule has 0 aliphatic rings. The summed E-state index contributed by atoms with van der Waals surface area (Å²) < 4.78 is 23.3. The van der Waals surface area contributed by atoms with E-state index in [9.17, 15) is 14.0 Å². The van der Waals surface area contributed by atoms with Gasteiger partial charge in [0.2, 0.25) is 0 Å². The van der Waals surface area contributed by atoms with Crippen LogP contribution in [0.15, 0.2) is 42.5 Å². The molecule has 0 aliphatic heterocycles. The number of fused-ring (bicyclic) bond motifs is 1. The monoisotopic (exact) mass is 402 g/mol. The fourth-order valence-electron chi connectivity index (χ4n) is 2.57. The highest BCUT2D eigenvalue weighted by Crippen LogP contribution is 2.23. The molecule has 0 saturated heterocycles. The number of hydrogen-bond donors (Lipinski definition) is 1. The first-order chi connectivity index (χ1) is 13.4.